The number of halogens is 1. The van der Waals surface area contributed by atoms with Crippen LogP contribution in [0.4, 0.5) is 0 Å². The lowest BCUT2D eigenvalue weighted by Crippen LogP contribution is -1.88. The average Bonchev–Trinajstić information content (AvgIpc) is 2.64. The molecule has 0 radical (unpaired) electrons. The Bertz CT molecular complexity index is 534. The highest BCUT2D eigenvalue weighted by Crippen LogP contribution is 2.30. The SMILES string of the molecule is COc1cc(Cl)ccc1-c1nsc(=O)o1. The summed E-state index contributed by atoms with van der Waals surface area (Å²) in [6.07, 6.45) is 0. The molecule has 0 saturated carbocycles. The Morgan fingerprint density at radius 3 is 2.93 bits per heavy atom. The molecule has 78 valence electrons. The molecular formula is C9H6ClNO3S. The first kappa shape index (κ1) is 10.2. The zero-order valence-corrected chi connectivity index (χ0v) is 9.26. The van der Waals surface area contributed by atoms with E-state index in [0.717, 1.165) is 11.5 Å². The van der Waals surface area contributed by atoms with Crippen LogP contribution < -0.4 is 9.68 Å². The summed E-state index contributed by atoms with van der Waals surface area (Å²) in [6, 6.07) is 5.01. The van der Waals surface area contributed by atoms with Crippen molar-refractivity contribution in [3.8, 4) is 17.2 Å². The molecule has 2 aromatic rings. The number of benzene rings is 1. The van der Waals surface area contributed by atoms with E-state index >= 15 is 0 Å². The number of hydrogen-bond donors (Lipinski definition) is 0. The minimum Gasteiger partial charge on any atom is -0.496 e. The first-order valence-corrected chi connectivity index (χ1v) is 5.16. The summed E-state index contributed by atoms with van der Waals surface area (Å²) in [7, 11) is 1.51. The van der Waals surface area contributed by atoms with Gasteiger partial charge in [-0.2, -0.15) is 0 Å². The third kappa shape index (κ3) is 2.03. The van der Waals surface area contributed by atoms with E-state index in [1.807, 2.05) is 0 Å². The van der Waals surface area contributed by atoms with E-state index in [1.165, 1.54) is 7.11 Å². The lowest BCUT2D eigenvalue weighted by Gasteiger charge is -2.04. The second-order valence-corrected chi connectivity index (χ2v) is 3.82. The van der Waals surface area contributed by atoms with Gasteiger partial charge in [0, 0.05) is 5.02 Å². The Hall–Kier alpha value is -1.33. The first-order chi connectivity index (χ1) is 7.20. The number of rotatable bonds is 2. The van der Waals surface area contributed by atoms with Gasteiger partial charge in [-0.3, -0.25) is 0 Å². The van der Waals surface area contributed by atoms with Crippen molar-refractivity contribution in [3.63, 3.8) is 0 Å². The van der Waals surface area contributed by atoms with Gasteiger partial charge in [0.05, 0.1) is 24.2 Å². The molecule has 0 atom stereocenters. The van der Waals surface area contributed by atoms with E-state index in [1.54, 1.807) is 18.2 Å². The Balaban J connectivity index is 2.57. The maximum Gasteiger partial charge on any atom is 0.414 e. The predicted molar refractivity (Wildman–Crippen MR) is 57.6 cm³/mol. The number of nitrogens with zero attached hydrogens (tertiary/aromatic N) is 1. The van der Waals surface area contributed by atoms with Gasteiger partial charge < -0.3 is 9.15 Å². The molecule has 0 spiro atoms. The highest BCUT2D eigenvalue weighted by atomic mass is 35.5. The van der Waals surface area contributed by atoms with Gasteiger partial charge in [0.1, 0.15) is 5.75 Å². The first-order valence-electron chi connectivity index (χ1n) is 4.01. The Kier molecular flexibility index (Phi) is 2.75. The molecule has 2 rings (SSSR count). The van der Waals surface area contributed by atoms with Crippen molar-refractivity contribution < 1.29 is 9.15 Å². The molecule has 1 aromatic heterocycles. The van der Waals surface area contributed by atoms with Crippen LogP contribution in [-0.4, -0.2) is 11.5 Å². The fourth-order valence-corrected chi connectivity index (χ4v) is 1.71. The van der Waals surface area contributed by atoms with E-state index in [4.69, 9.17) is 20.8 Å². The Labute approximate surface area is 94.2 Å². The summed E-state index contributed by atoms with van der Waals surface area (Å²) in [4.78, 5) is 10.4. The summed E-state index contributed by atoms with van der Waals surface area (Å²) in [5, 5.41) is 0.549. The standard InChI is InChI=1S/C9H6ClNO3S/c1-13-7-4-5(10)2-3-6(7)8-11-15-9(12)14-8/h2-4H,1H3. The van der Waals surface area contributed by atoms with Crippen molar-refractivity contribution in [2.75, 3.05) is 7.11 Å². The number of hydrogen-bond acceptors (Lipinski definition) is 5. The van der Waals surface area contributed by atoms with E-state index in [2.05, 4.69) is 4.37 Å². The minimum atomic E-state index is -0.443. The van der Waals surface area contributed by atoms with Crippen molar-refractivity contribution in [3.05, 3.63) is 33.0 Å². The van der Waals surface area contributed by atoms with Crippen LogP contribution in [0.1, 0.15) is 0 Å². The molecule has 6 heteroatoms. The van der Waals surface area contributed by atoms with E-state index in [-0.39, 0.29) is 5.89 Å². The van der Waals surface area contributed by atoms with E-state index in [9.17, 15) is 4.79 Å². The van der Waals surface area contributed by atoms with Crippen LogP contribution >= 0.6 is 23.1 Å². The monoisotopic (exact) mass is 243 g/mol. The molecule has 0 bridgehead atoms. The Morgan fingerprint density at radius 2 is 2.33 bits per heavy atom. The number of aromatic nitrogens is 1. The molecule has 0 aliphatic heterocycles. The highest BCUT2D eigenvalue weighted by Gasteiger charge is 2.11. The molecule has 0 amide bonds. The van der Waals surface area contributed by atoms with Crippen LogP contribution in [0.5, 0.6) is 5.75 Å². The fraction of sp³-hybridized carbons (Fsp3) is 0.111. The van der Waals surface area contributed by atoms with Crippen LogP contribution in [0.25, 0.3) is 11.5 Å². The summed E-state index contributed by atoms with van der Waals surface area (Å²) in [6.45, 7) is 0. The van der Waals surface area contributed by atoms with E-state index in [0.29, 0.717) is 16.3 Å². The van der Waals surface area contributed by atoms with E-state index < -0.39 is 4.94 Å². The number of ether oxygens (including phenoxy) is 1. The predicted octanol–water partition coefficient (Wildman–Crippen LogP) is 2.43. The lowest BCUT2D eigenvalue weighted by molar-refractivity contribution is 0.414. The average molecular weight is 244 g/mol. The van der Waals surface area contributed by atoms with Gasteiger partial charge in [0.2, 0.25) is 5.89 Å². The third-order valence-electron chi connectivity index (χ3n) is 1.78. The summed E-state index contributed by atoms with van der Waals surface area (Å²) in [5.74, 6) is 0.773. The van der Waals surface area contributed by atoms with Crippen LogP contribution in [0, 0.1) is 0 Å². The topological polar surface area (TPSA) is 52.3 Å². The molecule has 0 aliphatic rings. The summed E-state index contributed by atoms with van der Waals surface area (Å²) >= 11 is 6.56. The van der Waals surface area contributed by atoms with Crippen LogP contribution in [-0.2, 0) is 0 Å². The zero-order chi connectivity index (χ0) is 10.8. The normalized spacial score (nSPS) is 10.3. The van der Waals surface area contributed by atoms with Crippen molar-refractivity contribution in [1.29, 1.82) is 0 Å². The van der Waals surface area contributed by atoms with Gasteiger partial charge in [-0.1, -0.05) is 11.6 Å². The third-order valence-corrected chi connectivity index (χ3v) is 2.50. The van der Waals surface area contributed by atoms with Gasteiger partial charge >= 0.3 is 4.94 Å². The smallest absolute Gasteiger partial charge is 0.414 e. The van der Waals surface area contributed by atoms with Crippen LogP contribution in [0.2, 0.25) is 5.02 Å². The molecule has 1 aromatic carbocycles. The highest BCUT2D eigenvalue weighted by molar-refractivity contribution is 7.02. The molecular weight excluding hydrogens is 238 g/mol. The lowest BCUT2D eigenvalue weighted by atomic mass is 10.2. The maximum atomic E-state index is 10.9. The van der Waals surface area contributed by atoms with Gasteiger partial charge in [0.15, 0.2) is 0 Å². The van der Waals surface area contributed by atoms with Crippen molar-refractivity contribution >= 4 is 23.1 Å². The quantitative estimate of drug-likeness (QED) is 0.813. The van der Waals surface area contributed by atoms with Crippen molar-refractivity contribution in [1.82, 2.24) is 4.37 Å². The number of methoxy groups -OCH3 is 1. The zero-order valence-electron chi connectivity index (χ0n) is 7.69. The largest absolute Gasteiger partial charge is 0.496 e. The van der Waals surface area contributed by atoms with Gasteiger partial charge in [-0.05, 0) is 18.2 Å². The fourth-order valence-electron chi connectivity index (χ4n) is 1.14. The van der Waals surface area contributed by atoms with Gasteiger partial charge in [0.25, 0.3) is 0 Å². The van der Waals surface area contributed by atoms with Crippen LogP contribution in [0.15, 0.2) is 27.4 Å². The molecule has 15 heavy (non-hydrogen) atoms. The summed E-state index contributed by atoms with van der Waals surface area (Å²) < 4.78 is 13.9. The van der Waals surface area contributed by atoms with Crippen LogP contribution in [0.3, 0.4) is 0 Å². The second-order valence-electron chi connectivity index (χ2n) is 2.68. The van der Waals surface area contributed by atoms with Gasteiger partial charge in [-0.15, -0.1) is 4.37 Å². The molecule has 0 fully saturated rings. The molecule has 4 nitrogen and oxygen atoms in total. The molecule has 0 unspecified atom stereocenters. The van der Waals surface area contributed by atoms with Crippen molar-refractivity contribution in [2.45, 2.75) is 0 Å². The molecule has 0 aliphatic carbocycles. The molecule has 0 saturated heterocycles. The summed E-state index contributed by atoms with van der Waals surface area (Å²) in [5.41, 5.74) is 0.611. The van der Waals surface area contributed by atoms with Crippen molar-refractivity contribution in [2.24, 2.45) is 0 Å². The Morgan fingerprint density at radius 1 is 1.53 bits per heavy atom. The minimum absolute atomic E-state index is 0.249. The second kappa shape index (κ2) is 4.04. The van der Waals surface area contributed by atoms with Gasteiger partial charge in [-0.25, -0.2) is 4.79 Å². The maximum absolute atomic E-state index is 10.9. The molecule has 0 N–H and O–H groups in total. The molecule has 1 heterocycles.